The second-order valence-electron chi connectivity index (χ2n) is 9.33. The van der Waals surface area contributed by atoms with Crippen LogP contribution in [-0.4, -0.2) is 22.8 Å². The van der Waals surface area contributed by atoms with Crippen LogP contribution in [0.2, 0.25) is 0 Å². The fourth-order valence-electron chi connectivity index (χ4n) is 5.04. The summed E-state index contributed by atoms with van der Waals surface area (Å²) in [7, 11) is 1.67. The van der Waals surface area contributed by atoms with E-state index in [2.05, 4.69) is 42.2 Å². The number of hydrogen-bond donors (Lipinski definition) is 1. The monoisotopic (exact) mass is 480 g/mol. The Morgan fingerprint density at radius 3 is 2.19 bits per heavy atom. The van der Waals surface area contributed by atoms with E-state index >= 15 is 0 Å². The largest absolute Gasteiger partial charge is 0.493 e. The first-order valence-corrected chi connectivity index (χ1v) is 12.6. The van der Waals surface area contributed by atoms with Crippen LogP contribution in [0.3, 0.4) is 0 Å². The van der Waals surface area contributed by atoms with Gasteiger partial charge in [-0.3, -0.25) is 4.57 Å². The van der Waals surface area contributed by atoms with E-state index in [0.717, 1.165) is 52.3 Å². The summed E-state index contributed by atoms with van der Waals surface area (Å²) in [5.74, 6) is 1.51. The Labute approximate surface area is 212 Å². The van der Waals surface area contributed by atoms with Crippen molar-refractivity contribution < 1.29 is 9.47 Å². The fraction of sp³-hybridized carbons (Fsp3) is 0.258. The minimum Gasteiger partial charge on any atom is -0.493 e. The zero-order valence-electron chi connectivity index (χ0n) is 20.8. The van der Waals surface area contributed by atoms with Crippen LogP contribution in [0.1, 0.15) is 61.0 Å². The van der Waals surface area contributed by atoms with Crippen LogP contribution in [0.4, 0.5) is 0 Å². The second kappa shape index (κ2) is 10.7. The van der Waals surface area contributed by atoms with Crippen LogP contribution in [-0.2, 0) is 0 Å². The smallest absolute Gasteiger partial charge is 0.326 e. The van der Waals surface area contributed by atoms with E-state index in [1.54, 1.807) is 13.3 Å². The van der Waals surface area contributed by atoms with E-state index < -0.39 is 0 Å². The van der Waals surface area contributed by atoms with Crippen molar-refractivity contribution in [3.63, 3.8) is 0 Å². The summed E-state index contributed by atoms with van der Waals surface area (Å²) in [6.07, 6.45) is 8.66. The Balaban J connectivity index is 1.54. The van der Waals surface area contributed by atoms with Gasteiger partial charge in [0.25, 0.3) is 0 Å². The van der Waals surface area contributed by atoms with Crippen LogP contribution < -0.4 is 15.2 Å². The van der Waals surface area contributed by atoms with E-state index in [1.165, 1.54) is 12.8 Å². The normalized spacial score (nSPS) is 14.4. The summed E-state index contributed by atoms with van der Waals surface area (Å²) >= 11 is 0. The third kappa shape index (κ3) is 5.01. The van der Waals surface area contributed by atoms with E-state index in [4.69, 9.17) is 9.47 Å². The van der Waals surface area contributed by atoms with Gasteiger partial charge in [0.1, 0.15) is 0 Å². The molecule has 4 aromatic rings. The summed E-state index contributed by atoms with van der Waals surface area (Å²) in [6.45, 7) is 2.06. The zero-order valence-corrected chi connectivity index (χ0v) is 20.8. The fourth-order valence-corrected chi connectivity index (χ4v) is 5.04. The molecule has 5 rings (SSSR count). The Morgan fingerprint density at radius 1 is 0.944 bits per heavy atom. The molecule has 0 spiro atoms. The van der Waals surface area contributed by atoms with Crippen molar-refractivity contribution in [2.75, 3.05) is 7.11 Å². The SMILES string of the molecule is COc1ccc(/C(C)=C/c2c[nH]c(=O)n2C(c2ccccc2)c2ccccc2)cc1OC1CCCC1. The highest BCUT2D eigenvalue weighted by molar-refractivity contribution is 5.80. The van der Waals surface area contributed by atoms with Crippen molar-refractivity contribution in [3.05, 3.63) is 118 Å². The van der Waals surface area contributed by atoms with Gasteiger partial charge in [-0.1, -0.05) is 66.7 Å². The maximum atomic E-state index is 13.1. The molecule has 5 nitrogen and oxygen atoms in total. The summed E-state index contributed by atoms with van der Waals surface area (Å²) < 4.78 is 13.7. The first-order valence-electron chi connectivity index (χ1n) is 12.6. The second-order valence-corrected chi connectivity index (χ2v) is 9.33. The molecule has 1 aliphatic rings. The van der Waals surface area contributed by atoms with Gasteiger partial charge in [-0.25, -0.2) is 4.79 Å². The molecule has 0 amide bonds. The van der Waals surface area contributed by atoms with Crippen molar-refractivity contribution in [1.82, 2.24) is 9.55 Å². The topological polar surface area (TPSA) is 56.2 Å². The molecule has 1 saturated carbocycles. The summed E-state index contributed by atoms with van der Waals surface area (Å²) in [5, 5.41) is 0. The molecular weight excluding hydrogens is 448 g/mol. The molecule has 184 valence electrons. The lowest BCUT2D eigenvalue weighted by Crippen LogP contribution is -2.25. The average molecular weight is 481 g/mol. The molecular formula is C31H32N2O3. The highest BCUT2D eigenvalue weighted by atomic mass is 16.5. The first-order chi connectivity index (χ1) is 17.6. The average Bonchev–Trinajstić information content (AvgIpc) is 3.56. The predicted octanol–water partition coefficient (Wildman–Crippen LogP) is 6.70. The number of ether oxygens (including phenoxy) is 2. The van der Waals surface area contributed by atoms with Gasteiger partial charge in [0.05, 0.1) is 24.9 Å². The molecule has 5 heteroatoms. The van der Waals surface area contributed by atoms with Gasteiger partial charge in [-0.15, -0.1) is 0 Å². The third-order valence-electron chi connectivity index (χ3n) is 6.91. The molecule has 0 radical (unpaired) electrons. The van der Waals surface area contributed by atoms with Crippen molar-refractivity contribution in [2.45, 2.75) is 44.8 Å². The van der Waals surface area contributed by atoms with Crippen LogP contribution in [0.5, 0.6) is 11.5 Å². The number of nitrogens with zero attached hydrogens (tertiary/aromatic N) is 1. The number of allylic oxidation sites excluding steroid dienone is 1. The third-order valence-corrected chi connectivity index (χ3v) is 6.91. The van der Waals surface area contributed by atoms with Crippen LogP contribution >= 0.6 is 0 Å². The van der Waals surface area contributed by atoms with Gasteiger partial charge in [-0.05, 0) is 73.1 Å². The number of H-pyrrole nitrogens is 1. The highest BCUT2D eigenvalue weighted by Gasteiger charge is 2.21. The number of imidazole rings is 1. The maximum absolute atomic E-state index is 13.1. The Hall–Kier alpha value is -3.99. The Bertz CT molecular complexity index is 1340. The summed E-state index contributed by atoms with van der Waals surface area (Å²) in [6, 6.07) is 26.1. The van der Waals surface area contributed by atoms with Crippen LogP contribution in [0.25, 0.3) is 11.6 Å². The minimum atomic E-state index is -0.248. The molecule has 1 aliphatic carbocycles. The first kappa shape index (κ1) is 23.7. The summed E-state index contributed by atoms with van der Waals surface area (Å²) in [5.41, 5.74) is 4.82. The number of rotatable bonds is 8. The number of aromatic nitrogens is 2. The number of hydrogen-bond acceptors (Lipinski definition) is 3. The van der Waals surface area contributed by atoms with Crippen molar-refractivity contribution in [3.8, 4) is 11.5 Å². The molecule has 36 heavy (non-hydrogen) atoms. The molecule has 0 atom stereocenters. The Kier molecular flexibility index (Phi) is 7.08. The quantitative estimate of drug-likeness (QED) is 0.305. The van der Waals surface area contributed by atoms with Gasteiger partial charge in [0.15, 0.2) is 11.5 Å². The van der Waals surface area contributed by atoms with Crippen LogP contribution in [0, 0.1) is 0 Å². The van der Waals surface area contributed by atoms with E-state index in [0.29, 0.717) is 0 Å². The Morgan fingerprint density at radius 2 is 1.58 bits per heavy atom. The van der Waals surface area contributed by atoms with Gasteiger partial charge in [-0.2, -0.15) is 0 Å². The maximum Gasteiger partial charge on any atom is 0.326 e. The number of methoxy groups -OCH3 is 1. The number of aromatic amines is 1. The molecule has 3 aromatic carbocycles. The standard InChI is InChI=1S/C31H32N2O3/c1-22(25-17-18-28(35-2)29(20-25)36-27-15-9-10-16-27)19-26-21-32-31(34)33(26)30(23-11-5-3-6-12-23)24-13-7-4-8-14-24/h3-8,11-14,17-21,27,30H,9-10,15-16H2,1-2H3,(H,32,34)/b22-19+. The lowest BCUT2D eigenvalue weighted by atomic mass is 9.98. The van der Waals surface area contributed by atoms with Gasteiger partial charge in [0, 0.05) is 6.20 Å². The lowest BCUT2D eigenvalue weighted by Gasteiger charge is -2.21. The van der Waals surface area contributed by atoms with E-state index in [9.17, 15) is 4.79 Å². The van der Waals surface area contributed by atoms with Gasteiger partial charge < -0.3 is 14.5 Å². The number of nitrogens with one attached hydrogen (secondary N) is 1. The lowest BCUT2D eigenvalue weighted by molar-refractivity contribution is 0.201. The van der Waals surface area contributed by atoms with Crippen molar-refractivity contribution in [1.29, 1.82) is 0 Å². The predicted molar refractivity (Wildman–Crippen MR) is 145 cm³/mol. The molecule has 0 aliphatic heterocycles. The minimum absolute atomic E-state index is 0.147. The molecule has 0 bridgehead atoms. The zero-order chi connectivity index (χ0) is 24.9. The molecule has 1 fully saturated rings. The molecule has 1 heterocycles. The summed E-state index contributed by atoms with van der Waals surface area (Å²) in [4.78, 5) is 16.0. The molecule has 0 saturated heterocycles. The van der Waals surface area contributed by atoms with Gasteiger partial charge >= 0.3 is 5.69 Å². The van der Waals surface area contributed by atoms with Crippen LogP contribution in [0.15, 0.2) is 89.9 Å². The van der Waals surface area contributed by atoms with Gasteiger partial charge in [0.2, 0.25) is 0 Å². The molecule has 1 N–H and O–H groups in total. The molecule has 0 unspecified atom stereocenters. The van der Waals surface area contributed by atoms with Crippen molar-refractivity contribution in [2.24, 2.45) is 0 Å². The molecule has 1 aromatic heterocycles. The van der Waals surface area contributed by atoms with E-state index in [-0.39, 0.29) is 17.8 Å². The number of benzene rings is 3. The van der Waals surface area contributed by atoms with E-state index in [1.807, 2.05) is 59.2 Å². The van der Waals surface area contributed by atoms with Crippen molar-refractivity contribution >= 4 is 11.6 Å². The highest BCUT2D eigenvalue weighted by Crippen LogP contribution is 2.35.